The molecule has 0 aliphatic rings. The standard InChI is InChI=1S/C21H25F2N3O5S/c1-5-26(6-2)32(29,30)18-12-14(8-10-17(18)31-4)20(27)25-19(21(28)24-3)13-7-9-15(22)16(23)11-13/h7-12,19H,5-6H2,1-4H3,(H,24,28)(H,25,27). The van der Waals surface area contributed by atoms with E-state index in [1.165, 1.54) is 36.7 Å². The lowest BCUT2D eigenvalue weighted by molar-refractivity contribution is -0.122. The molecule has 0 saturated carbocycles. The van der Waals surface area contributed by atoms with E-state index in [0.717, 1.165) is 18.2 Å². The van der Waals surface area contributed by atoms with Gasteiger partial charge in [-0.15, -0.1) is 0 Å². The number of carbonyl (C=O) groups is 2. The molecular weight excluding hydrogens is 444 g/mol. The van der Waals surface area contributed by atoms with Gasteiger partial charge in [-0.25, -0.2) is 17.2 Å². The van der Waals surface area contributed by atoms with Crippen molar-refractivity contribution in [2.75, 3.05) is 27.2 Å². The average molecular weight is 470 g/mol. The lowest BCUT2D eigenvalue weighted by Gasteiger charge is -2.21. The van der Waals surface area contributed by atoms with Crippen molar-refractivity contribution >= 4 is 21.8 Å². The maximum absolute atomic E-state index is 13.7. The fraction of sp³-hybridized carbons (Fsp3) is 0.333. The molecule has 1 unspecified atom stereocenters. The van der Waals surface area contributed by atoms with Gasteiger partial charge in [-0.05, 0) is 35.9 Å². The number of sulfonamides is 1. The summed E-state index contributed by atoms with van der Waals surface area (Å²) in [6.45, 7) is 3.79. The van der Waals surface area contributed by atoms with Crippen molar-refractivity contribution in [3.05, 3.63) is 59.2 Å². The molecular formula is C21H25F2N3O5S. The molecule has 0 aliphatic carbocycles. The highest BCUT2D eigenvalue weighted by atomic mass is 32.2. The number of benzene rings is 2. The topological polar surface area (TPSA) is 105 Å². The predicted molar refractivity (Wildman–Crippen MR) is 114 cm³/mol. The third-order valence-corrected chi connectivity index (χ3v) is 6.88. The van der Waals surface area contributed by atoms with Crippen molar-refractivity contribution < 1.29 is 31.5 Å². The lowest BCUT2D eigenvalue weighted by atomic mass is 10.0. The van der Waals surface area contributed by atoms with Crippen LogP contribution in [-0.4, -0.2) is 51.8 Å². The first kappa shape index (κ1) is 25.2. The van der Waals surface area contributed by atoms with E-state index >= 15 is 0 Å². The second kappa shape index (κ2) is 10.5. The van der Waals surface area contributed by atoms with Gasteiger partial charge in [0.15, 0.2) is 11.6 Å². The van der Waals surface area contributed by atoms with Crippen LogP contribution in [0.4, 0.5) is 8.78 Å². The molecule has 0 aromatic heterocycles. The molecule has 0 bridgehead atoms. The maximum Gasteiger partial charge on any atom is 0.252 e. The first-order valence-electron chi connectivity index (χ1n) is 9.76. The van der Waals surface area contributed by atoms with Gasteiger partial charge in [0.1, 0.15) is 16.7 Å². The van der Waals surface area contributed by atoms with Crippen LogP contribution in [-0.2, 0) is 14.8 Å². The summed E-state index contributed by atoms with van der Waals surface area (Å²) in [5.74, 6) is -3.69. The van der Waals surface area contributed by atoms with Gasteiger partial charge < -0.3 is 15.4 Å². The molecule has 8 nitrogen and oxygen atoms in total. The first-order valence-corrected chi connectivity index (χ1v) is 11.2. The number of hydrogen-bond donors (Lipinski definition) is 2. The third-order valence-electron chi connectivity index (χ3n) is 4.81. The van der Waals surface area contributed by atoms with E-state index in [0.29, 0.717) is 0 Å². The predicted octanol–water partition coefficient (Wildman–Crippen LogP) is 2.22. The highest BCUT2D eigenvalue weighted by molar-refractivity contribution is 7.89. The summed E-state index contributed by atoms with van der Waals surface area (Å²) in [5, 5.41) is 4.78. The molecule has 2 amide bonds. The molecule has 32 heavy (non-hydrogen) atoms. The van der Waals surface area contributed by atoms with Crippen molar-refractivity contribution in [2.24, 2.45) is 0 Å². The molecule has 2 N–H and O–H groups in total. The zero-order valence-corrected chi connectivity index (χ0v) is 18.9. The molecule has 0 heterocycles. The normalized spacial score (nSPS) is 12.3. The van der Waals surface area contributed by atoms with Crippen molar-refractivity contribution in [3.8, 4) is 5.75 Å². The van der Waals surface area contributed by atoms with Gasteiger partial charge in [-0.2, -0.15) is 4.31 Å². The highest BCUT2D eigenvalue weighted by Gasteiger charge is 2.28. The van der Waals surface area contributed by atoms with E-state index < -0.39 is 39.5 Å². The third kappa shape index (κ3) is 5.22. The second-order valence-electron chi connectivity index (χ2n) is 6.65. The molecule has 11 heteroatoms. The Balaban J connectivity index is 2.47. The number of amides is 2. The molecule has 2 rings (SSSR count). The number of carbonyl (C=O) groups excluding carboxylic acids is 2. The SMILES string of the molecule is CCN(CC)S(=O)(=O)c1cc(C(=O)NC(C(=O)NC)c2ccc(F)c(F)c2)ccc1OC. The number of nitrogens with one attached hydrogen (secondary N) is 2. The fourth-order valence-corrected chi connectivity index (χ4v) is 4.71. The van der Waals surface area contributed by atoms with Crippen molar-refractivity contribution in [3.63, 3.8) is 0 Å². The zero-order valence-electron chi connectivity index (χ0n) is 18.1. The van der Waals surface area contributed by atoms with E-state index in [-0.39, 0.29) is 34.9 Å². The molecule has 0 radical (unpaired) electrons. The van der Waals surface area contributed by atoms with E-state index in [1.807, 2.05) is 0 Å². The van der Waals surface area contributed by atoms with E-state index in [9.17, 15) is 26.8 Å². The molecule has 1 atom stereocenters. The minimum absolute atomic E-state index is 0.0149. The Morgan fingerprint density at radius 2 is 1.72 bits per heavy atom. The Morgan fingerprint density at radius 1 is 1.06 bits per heavy atom. The van der Waals surface area contributed by atoms with Gasteiger partial charge in [0.25, 0.3) is 5.91 Å². The van der Waals surface area contributed by atoms with Crippen molar-refractivity contribution in [1.82, 2.24) is 14.9 Å². The van der Waals surface area contributed by atoms with Crippen LogP contribution in [0.15, 0.2) is 41.3 Å². The molecule has 0 saturated heterocycles. The van der Waals surface area contributed by atoms with Crippen molar-refractivity contribution in [1.29, 1.82) is 0 Å². The lowest BCUT2D eigenvalue weighted by Crippen LogP contribution is -2.39. The highest BCUT2D eigenvalue weighted by Crippen LogP contribution is 2.28. The quantitative estimate of drug-likeness (QED) is 0.586. The maximum atomic E-state index is 13.7. The number of halogens is 2. The largest absolute Gasteiger partial charge is 0.495 e. The summed E-state index contributed by atoms with van der Waals surface area (Å²) in [6, 6.07) is 5.29. The summed E-state index contributed by atoms with van der Waals surface area (Å²) < 4.78 is 59.3. The van der Waals surface area contributed by atoms with E-state index in [2.05, 4.69) is 10.6 Å². The Morgan fingerprint density at radius 3 is 2.25 bits per heavy atom. The number of methoxy groups -OCH3 is 1. The van der Waals surface area contributed by atoms with Crippen LogP contribution < -0.4 is 15.4 Å². The molecule has 2 aromatic carbocycles. The summed E-state index contributed by atoms with van der Waals surface area (Å²) in [7, 11) is -1.32. The van der Waals surface area contributed by atoms with Crippen LogP contribution in [0.25, 0.3) is 0 Å². The van der Waals surface area contributed by atoms with Gasteiger partial charge in [0.2, 0.25) is 15.9 Å². The van der Waals surface area contributed by atoms with Gasteiger partial charge in [-0.3, -0.25) is 9.59 Å². The summed E-state index contributed by atoms with van der Waals surface area (Å²) in [4.78, 5) is 25.0. The molecule has 2 aromatic rings. The number of likely N-dealkylation sites (N-methyl/N-ethyl adjacent to an activating group) is 1. The molecule has 0 aliphatic heterocycles. The van der Waals surface area contributed by atoms with Crippen LogP contribution >= 0.6 is 0 Å². The van der Waals surface area contributed by atoms with Crippen LogP contribution in [0.5, 0.6) is 5.75 Å². The zero-order chi connectivity index (χ0) is 24.1. The van der Waals surface area contributed by atoms with Gasteiger partial charge in [0, 0.05) is 25.7 Å². The smallest absolute Gasteiger partial charge is 0.252 e. The minimum atomic E-state index is -3.95. The number of hydrogen-bond acceptors (Lipinski definition) is 5. The minimum Gasteiger partial charge on any atom is -0.495 e. The van der Waals surface area contributed by atoms with Crippen LogP contribution in [0, 0.1) is 11.6 Å². The fourth-order valence-electron chi connectivity index (χ4n) is 3.07. The average Bonchev–Trinajstić information content (AvgIpc) is 2.78. The Labute approximate surface area is 185 Å². The molecule has 0 spiro atoms. The first-order chi connectivity index (χ1) is 15.1. The van der Waals surface area contributed by atoms with E-state index in [4.69, 9.17) is 4.74 Å². The van der Waals surface area contributed by atoms with Crippen LogP contribution in [0.3, 0.4) is 0 Å². The van der Waals surface area contributed by atoms with Crippen molar-refractivity contribution in [2.45, 2.75) is 24.8 Å². The van der Waals surface area contributed by atoms with Gasteiger partial charge >= 0.3 is 0 Å². The molecule has 174 valence electrons. The number of ether oxygens (including phenoxy) is 1. The van der Waals surface area contributed by atoms with Crippen LogP contribution in [0.1, 0.15) is 35.8 Å². The Bertz CT molecular complexity index is 1100. The number of rotatable bonds is 9. The van der Waals surface area contributed by atoms with Crippen LogP contribution in [0.2, 0.25) is 0 Å². The van der Waals surface area contributed by atoms with E-state index in [1.54, 1.807) is 13.8 Å². The van der Waals surface area contributed by atoms with Gasteiger partial charge in [0.05, 0.1) is 7.11 Å². The summed E-state index contributed by atoms with van der Waals surface area (Å²) >= 11 is 0. The Hall–Kier alpha value is -3.05. The van der Waals surface area contributed by atoms with Gasteiger partial charge in [-0.1, -0.05) is 19.9 Å². The molecule has 0 fully saturated rings. The summed E-state index contributed by atoms with van der Waals surface area (Å²) in [6.07, 6.45) is 0. The monoisotopic (exact) mass is 469 g/mol. The Kier molecular flexibility index (Phi) is 8.28. The summed E-state index contributed by atoms with van der Waals surface area (Å²) in [5.41, 5.74) is -0.0471. The number of nitrogens with zero attached hydrogens (tertiary/aromatic N) is 1. The second-order valence-corrected chi connectivity index (χ2v) is 8.56.